The van der Waals surface area contributed by atoms with Crippen LogP contribution in [0, 0.1) is 6.92 Å². The van der Waals surface area contributed by atoms with Crippen LogP contribution in [0.2, 0.25) is 0 Å². The first-order chi connectivity index (χ1) is 20.8. The molecule has 1 saturated heterocycles. The van der Waals surface area contributed by atoms with Crippen molar-refractivity contribution in [1.29, 1.82) is 0 Å². The topological polar surface area (TPSA) is 133 Å². The van der Waals surface area contributed by atoms with Crippen molar-refractivity contribution >= 4 is 56.5 Å². The van der Waals surface area contributed by atoms with Crippen LogP contribution in [0.3, 0.4) is 0 Å². The smallest absolute Gasteiger partial charge is 0.331 e. The quantitative estimate of drug-likeness (QED) is 0.264. The molecule has 0 radical (unpaired) electrons. The van der Waals surface area contributed by atoms with E-state index in [1.165, 1.54) is 18.4 Å². The van der Waals surface area contributed by atoms with E-state index in [1.807, 2.05) is 55.5 Å². The number of likely N-dealkylation sites (tertiary alicyclic amines) is 1. The Bertz CT molecular complexity index is 1690. The maximum absolute atomic E-state index is 13.6. The van der Waals surface area contributed by atoms with E-state index in [-0.39, 0.29) is 25.1 Å². The number of urea groups is 1. The van der Waals surface area contributed by atoms with Gasteiger partial charge in [0.2, 0.25) is 0 Å². The fourth-order valence-corrected chi connectivity index (χ4v) is 6.56. The molecule has 3 N–H and O–H groups in total. The summed E-state index contributed by atoms with van der Waals surface area (Å²) in [7, 11) is 1.42. The largest absolute Gasteiger partial charge is 0.457 e. The summed E-state index contributed by atoms with van der Waals surface area (Å²) < 4.78 is 10.9. The predicted octanol–water partition coefficient (Wildman–Crippen LogP) is 4.81. The molecule has 0 saturated carbocycles. The van der Waals surface area contributed by atoms with Crippen LogP contribution < -0.4 is 20.3 Å². The van der Waals surface area contributed by atoms with Gasteiger partial charge in [-0.3, -0.25) is 14.5 Å². The predicted molar refractivity (Wildman–Crippen MR) is 163 cm³/mol. The lowest BCUT2D eigenvalue weighted by molar-refractivity contribution is -0.144. The highest BCUT2D eigenvalue weighted by atomic mass is 32.1. The second kappa shape index (κ2) is 12.0. The van der Waals surface area contributed by atoms with Crippen molar-refractivity contribution in [1.82, 2.24) is 15.2 Å². The van der Waals surface area contributed by atoms with Crippen LogP contribution in [0.25, 0.3) is 10.2 Å². The number of aliphatic hydroxyl groups excluding tert-OH is 1. The van der Waals surface area contributed by atoms with Gasteiger partial charge >= 0.3 is 6.03 Å². The lowest BCUT2D eigenvalue weighted by atomic mass is 10.0. The molecule has 11 nitrogen and oxygen atoms in total. The number of carbonyl (C=O) groups is 3. The summed E-state index contributed by atoms with van der Waals surface area (Å²) >= 11 is 1.20. The summed E-state index contributed by atoms with van der Waals surface area (Å²) in [5.41, 5.74) is 2.55. The summed E-state index contributed by atoms with van der Waals surface area (Å²) in [6.45, 7) is 2.60. The third kappa shape index (κ3) is 5.64. The number of benzene rings is 2. The molecule has 43 heavy (non-hydrogen) atoms. The van der Waals surface area contributed by atoms with Crippen LogP contribution in [0.5, 0.6) is 11.5 Å². The first kappa shape index (κ1) is 28.6. The molecule has 0 bridgehead atoms. The van der Waals surface area contributed by atoms with Gasteiger partial charge in [0, 0.05) is 32.4 Å². The Labute approximate surface area is 252 Å². The SMILES string of the molecule is COC[C@H](O)C(=O)N1CCC[C@@H](NC(=O)c2sc3nccc4c3c2NC(=O)N4c2ccc(Oc3ccccc3)cc2C)C1. The highest BCUT2D eigenvalue weighted by molar-refractivity contribution is 7.21. The molecule has 222 valence electrons. The van der Waals surface area contributed by atoms with E-state index in [0.717, 1.165) is 5.56 Å². The lowest BCUT2D eigenvalue weighted by Gasteiger charge is -2.34. The van der Waals surface area contributed by atoms with Gasteiger partial charge < -0.3 is 30.1 Å². The van der Waals surface area contributed by atoms with Crippen molar-refractivity contribution in [2.24, 2.45) is 0 Å². The Morgan fingerprint density at radius 3 is 2.74 bits per heavy atom. The number of ether oxygens (including phenoxy) is 2. The molecule has 12 heteroatoms. The molecule has 2 aromatic carbocycles. The van der Waals surface area contributed by atoms with E-state index in [1.54, 1.807) is 22.1 Å². The lowest BCUT2D eigenvalue weighted by Crippen LogP contribution is -2.52. The Hall–Kier alpha value is -4.52. The molecule has 6 rings (SSSR count). The van der Waals surface area contributed by atoms with E-state index < -0.39 is 18.0 Å². The summed E-state index contributed by atoms with van der Waals surface area (Å²) in [6, 6.07) is 16.1. The maximum atomic E-state index is 13.6. The van der Waals surface area contributed by atoms with Crippen molar-refractivity contribution in [3.8, 4) is 11.5 Å². The van der Waals surface area contributed by atoms with Gasteiger partial charge in [-0.1, -0.05) is 18.2 Å². The van der Waals surface area contributed by atoms with E-state index in [0.29, 0.717) is 63.0 Å². The average molecular weight is 602 g/mol. The zero-order valence-corrected chi connectivity index (χ0v) is 24.5. The van der Waals surface area contributed by atoms with Crippen molar-refractivity contribution in [2.45, 2.75) is 31.9 Å². The Balaban J connectivity index is 1.25. The van der Waals surface area contributed by atoms with Gasteiger partial charge in [-0.15, -0.1) is 11.3 Å². The second-order valence-corrected chi connectivity index (χ2v) is 11.5. The minimum Gasteiger partial charge on any atom is -0.457 e. The molecule has 2 aliphatic heterocycles. The monoisotopic (exact) mass is 601 g/mol. The number of rotatable bonds is 8. The number of aliphatic hydroxyl groups is 1. The molecule has 0 aliphatic carbocycles. The number of anilines is 3. The standard InChI is InChI=1S/C31H31N5O6S/c1-18-15-21(42-20-8-4-3-5-9-20)10-11-22(18)36-23-12-13-32-29-25(23)26(34-31(36)40)27(43-29)28(38)33-19-7-6-14-35(16-19)30(39)24(37)17-41-2/h3-5,8-13,15,19,24,37H,6-7,14,16-17H2,1-2H3,(H,33,38)(H,34,40)/t19-,24+/m1/s1. The number of carbonyl (C=O) groups excluding carboxylic acids is 3. The van der Waals surface area contributed by atoms with Gasteiger partial charge in [-0.05, 0) is 61.7 Å². The third-order valence-electron chi connectivity index (χ3n) is 7.52. The molecule has 0 unspecified atom stereocenters. The number of methoxy groups -OCH3 is 1. The van der Waals surface area contributed by atoms with Gasteiger partial charge in [0.15, 0.2) is 6.10 Å². The van der Waals surface area contributed by atoms with Crippen LogP contribution in [0.4, 0.5) is 21.9 Å². The van der Waals surface area contributed by atoms with E-state index >= 15 is 0 Å². The summed E-state index contributed by atoms with van der Waals surface area (Å²) in [4.78, 5) is 48.3. The molecule has 1 fully saturated rings. The number of hydrogen-bond acceptors (Lipinski definition) is 8. The normalized spacial score (nSPS) is 17.0. The first-order valence-electron chi connectivity index (χ1n) is 14.0. The fraction of sp³-hybridized carbons (Fsp3) is 0.290. The van der Waals surface area contributed by atoms with Gasteiger partial charge in [0.05, 0.1) is 29.1 Å². The molecule has 2 atom stereocenters. The molecule has 4 amide bonds. The van der Waals surface area contributed by atoms with Crippen LogP contribution in [-0.4, -0.2) is 71.8 Å². The van der Waals surface area contributed by atoms with Crippen LogP contribution in [0.15, 0.2) is 60.8 Å². The maximum Gasteiger partial charge on any atom is 0.331 e. The van der Waals surface area contributed by atoms with Gasteiger partial charge in [0.1, 0.15) is 21.2 Å². The number of pyridine rings is 1. The number of hydrogen-bond donors (Lipinski definition) is 3. The highest BCUT2D eigenvalue weighted by Gasteiger charge is 2.35. The first-order valence-corrected chi connectivity index (χ1v) is 14.8. The molecule has 4 aromatic rings. The van der Waals surface area contributed by atoms with E-state index in [4.69, 9.17) is 9.47 Å². The summed E-state index contributed by atoms with van der Waals surface area (Å²) in [6.07, 6.45) is 1.75. The Morgan fingerprint density at radius 1 is 1.16 bits per heavy atom. The number of thiophene rings is 1. The molecule has 4 heterocycles. The molecular formula is C31H31N5O6S. The van der Waals surface area contributed by atoms with Gasteiger partial charge in [-0.2, -0.15) is 0 Å². The van der Waals surface area contributed by atoms with Crippen molar-refractivity contribution in [2.75, 3.05) is 37.0 Å². The second-order valence-electron chi connectivity index (χ2n) is 10.5. The number of aromatic nitrogens is 1. The van der Waals surface area contributed by atoms with Crippen LogP contribution in [-0.2, 0) is 9.53 Å². The van der Waals surface area contributed by atoms with Crippen LogP contribution >= 0.6 is 11.3 Å². The van der Waals surface area contributed by atoms with Crippen molar-refractivity contribution < 1.29 is 29.0 Å². The van der Waals surface area contributed by atoms with Gasteiger partial charge in [-0.25, -0.2) is 9.78 Å². The Kier molecular flexibility index (Phi) is 7.98. The summed E-state index contributed by atoms with van der Waals surface area (Å²) in [5, 5.41) is 16.7. The number of aryl methyl sites for hydroxylation is 1. The molecule has 2 aromatic heterocycles. The zero-order valence-electron chi connectivity index (χ0n) is 23.7. The highest BCUT2D eigenvalue weighted by Crippen LogP contribution is 2.46. The minimum absolute atomic E-state index is 0.0886. The average Bonchev–Trinajstić information content (AvgIpc) is 3.38. The van der Waals surface area contributed by atoms with Crippen LogP contribution in [0.1, 0.15) is 28.1 Å². The number of piperidine rings is 1. The van der Waals surface area contributed by atoms with Gasteiger partial charge in [0.25, 0.3) is 11.8 Å². The van der Waals surface area contributed by atoms with Crippen molar-refractivity contribution in [3.63, 3.8) is 0 Å². The minimum atomic E-state index is -1.25. The number of nitrogens with zero attached hydrogens (tertiary/aromatic N) is 3. The molecular weight excluding hydrogens is 570 g/mol. The Morgan fingerprint density at radius 2 is 1.98 bits per heavy atom. The molecule has 2 aliphatic rings. The molecule has 0 spiro atoms. The zero-order chi connectivity index (χ0) is 30.1. The van der Waals surface area contributed by atoms with Crippen molar-refractivity contribution in [3.05, 3.63) is 71.2 Å². The number of para-hydroxylation sites is 1. The number of amides is 4. The number of nitrogens with one attached hydrogen (secondary N) is 2. The van der Waals surface area contributed by atoms with E-state index in [9.17, 15) is 19.5 Å². The fourth-order valence-electron chi connectivity index (χ4n) is 5.54. The van der Waals surface area contributed by atoms with E-state index in [2.05, 4.69) is 15.6 Å². The third-order valence-corrected chi connectivity index (χ3v) is 8.61. The summed E-state index contributed by atoms with van der Waals surface area (Å²) in [5.74, 6) is 0.587.